The highest BCUT2D eigenvalue weighted by Crippen LogP contribution is 2.28. The van der Waals surface area contributed by atoms with Gasteiger partial charge in [-0.1, -0.05) is 0 Å². The van der Waals surface area contributed by atoms with Crippen LogP contribution in [0.25, 0.3) is 0 Å². The van der Waals surface area contributed by atoms with Crippen LogP contribution in [0.2, 0.25) is 0 Å². The number of carbonyl (C=O) groups is 2. The Kier molecular flexibility index (Phi) is 5.32. The zero-order chi connectivity index (χ0) is 11.1. The minimum Gasteiger partial charge on any atom is -0.438 e. The minimum atomic E-state index is -0.187. The molecule has 0 N–H and O–H groups in total. The zero-order valence-corrected chi connectivity index (χ0v) is 9.11. The van der Waals surface area contributed by atoms with Gasteiger partial charge in [-0.3, -0.25) is 4.79 Å². The van der Waals surface area contributed by atoms with E-state index in [9.17, 15) is 9.59 Å². The Morgan fingerprint density at radius 1 is 1.33 bits per heavy atom. The molecule has 1 aliphatic carbocycles. The summed E-state index contributed by atoms with van der Waals surface area (Å²) < 4.78 is 9.88. The van der Waals surface area contributed by atoms with Gasteiger partial charge in [0.25, 0.3) is 0 Å². The van der Waals surface area contributed by atoms with Gasteiger partial charge in [-0.05, 0) is 32.6 Å². The molecule has 0 atom stereocenters. The molecule has 0 bridgehead atoms. The molecule has 0 aliphatic heterocycles. The normalized spacial score (nSPS) is 25.9. The van der Waals surface area contributed by atoms with E-state index in [0.717, 1.165) is 32.0 Å². The SMILES string of the molecule is CCOCOC(=O)C1CCC(C=O)CC1. The van der Waals surface area contributed by atoms with E-state index in [0.29, 0.717) is 6.61 Å². The number of rotatable bonds is 5. The molecule has 1 fully saturated rings. The number of ether oxygens (including phenoxy) is 2. The summed E-state index contributed by atoms with van der Waals surface area (Å²) in [6.07, 6.45) is 4.11. The lowest BCUT2D eigenvalue weighted by molar-refractivity contribution is -0.162. The summed E-state index contributed by atoms with van der Waals surface area (Å²) in [6, 6.07) is 0. The number of aldehydes is 1. The topological polar surface area (TPSA) is 52.6 Å². The molecule has 0 aromatic heterocycles. The standard InChI is InChI=1S/C11H18O4/c1-2-14-8-15-11(13)10-5-3-9(7-12)4-6-10/h7,9-10H,2-6,8H2,1H3. The van der Waals surface area contributed by atoms with Crippen LogP contribution in [-0.2, 0) is 19.1 Å². The quantitative estimate of drug-likeness (QED) is 0.301. The van der Waals surface area contributed by atoms with Crippen molar-refractivity contribution in [2.45, 2.75) is 32.6 Å². The van der Waals surface area contributed by atoms with Gasteiger partial charge in [-0.25, -0.2) is 0 Å². The summed E-state index contributed by atoms with van der Waals surface area (Å²) in [7, 11) is 0. The highest BCUT2D eigenvalue weighted by Gasteiger charge is 2.26. The highest BCUT2D eigenvalue weighted by atomic mass is 16.7. The van der Waals surface area contributed by atoms with Gasteiger partial charge < -0.3 is 14.3 Å². The van der Waals surface area contributed by atoms with Crippen LogP contribution >= 0.6 is 0 Å². The fraction of sp³-hybridized carbons (Fsp3) is 0.818. The van der Waals surface area contributed by atoms with Crippen molar-refractivity contribution in [1.29, 1.82) is 0 Å². The van der Waals surface area contributed by atoms with Crippen molar-refractivity contribution in [3.05, 3.63) is 0 Å². The fourth-order valence-electron chi connectivity index (χ4n) is 1.79. The lowest BCUT2D eigenvalue weighted by Crippen LogP contribution is -2.24. The Balaban J connectivity index is 2.21. The van der Waals surface area contributed by atoms with E-state index >= 15 is 0 Å². The molecule has 0 amide bonds. The molecule has 0 aromatic carbocycles. The largest absolute Gasteiger partial charge is 0.438 e. The van der Waals surface area contributed by atoms with Gasteiger partial charge in [-0.2, -0.15) is 0 Å². The lowest BCUT2D eigenvalue weighted by Gasteiger charge is -2.23. The third kappa shape index (κ3) is 4.00. The van der Waals surface area contributed by atoms with Gasteiger partial charge >= 0.3 is 5.97 Å². The van der Waals surface area contributed by atoms with Crippen LogP contribution in [-0.4, -0.2) is 25.7 Å². The summed E-state index contributed by atoms with van der Waals surface area (Å²) in [6.45, 7) is 2.44. The first-order valence-electron chi connectivity index (χ1n) is 5.47. The third-order valence-electron chi connectivity index (χ3n) is 2.79. The first kappa shape index (κ1) is 12.2. The Hall–Kier alpha value is -0.900. The first-order valence-corrected chi connectivity index (χ1v) is 5.47. The van der Waals surface area contributed by atoms with Crippen molar-refractivity contribution in [1.82, 2.24) is 0 Å². The molecule has 4 heteroatoms. The highest BCUT2D eigenvalue weighted by molar-refractivity contribution is 5.72. The van der Waals surface area contributed by atoms with Gasteiger partial charge in [-0.15, -0.1) is 0 Å². The lowest BCUT2D eigenvalue weighted by atomic mass is 9.83. The molecule has 0 saturated heterocycles. The van der Waals surface area contributed by atoms with Crippen molar-refractivity contribution < 1.29 is 19.1 Å². The molecule has 0 unspecified atom stereocenters. The molecular weight excluding hydrogens is 196 g/mol. The Bertz CT molecular complexity index is 207. The molecule has 1 saturated carbocycles. The van der Waals surface area contributed by atoms with Gasteiger partial charge in [0.1, 0.15) is 6.29 Å². The van der Waals surface area contributed by atoms with Gasteiger partial charge in [0.05, 0.1) is 5.92 Å². The van der Waals surface area contributed by atoms with E-state index in [4.69, 9.17) is 9.47 Å². The smallest absolute Gasteiger partial charge is 0.311 e. The predicted molar refractivity (Wildman–Crippen MR) is 54.1 cm³/mol. The molecule has 0 aromatic rings. The second-order valence-electron chi connectivity index (χ2n) is 3.82. The summed E-state index contributed by atoms with van der Waals surface area (Å²) in [4.78, 5) is 22.0. The Morgan fingerprint density at radius 3 is 2.53 bits per heavy atom. The number of carbonyl (C=O) groups excluding carboxylic acids is 2. The van der Waals surface area contributed by atoms with Crippen LogP contribution in [0.3, 0.4) is 0 Å². The van der Waals surface area contributed by atoms with Gasteiger partial charge in [0, 0.05) is 12.5 Å². The zero-order valence-electron chi connectivity index (χ0n) is 9.11. The molecule has 0 heterocycles. The van der Waals surface area contributed by atoms with Crippen molar-refractivity contribution in [3.63, 3.8) is 0 Å². The average Bonchev–Trinajstić information content (AvgIpc) is 2.29. The van der Waals surface area contributed by atoms with Gasteiger partial charge in [0.15, 0.2) is 6.79 Å². The van der Waals surface area contributed by atoms with Crippen LogP contribution < -0.4 is 0 Å². The monoisotopic (exact) mass is 214 g/mol. The molecule has 1 rings (SSSR count). The molecular formula is C11H18O4. The number of hydrogen-bond donors (Lipinski definition) is 0. The first-order chi connectivity index (χ1) is 7.27. The summed E-state index contributed by atoms with van der Waals surface area (Å²) in [5.74, 6) is -0.0876. The Labute approximate surface area is 89.9 Å². The van der Waals surface area contributed by atoms with Gasteiger partial charge in [0.2, 0.25) is 0 Å². The van der Waals surface area contributed by atoms with E-state index in [1.165, 1.54) is 0 Å². The molecule has 15 heavy (non-hydrogen) atoms. The molecule has 4 nitrogen and oxygen atoms in total. The van der Waals surface area contributed by atoms with Crippen molar-refractivity contribution in [2.75, 3.05) is 13.4 Å². The second-order valence-corrected chi connectivity index (χ2v) is 3.82. The van der Waals surface area contributed by atoms with Crippen LogP contribution in [0.4, 0.5) is 0 Å². The average molecular weight is 214 g/mol. The summed E-state index contributed by atoms with van der Waals surface area (Å²) in [5.41, 5.74) is 0. The number of hydrogen-bond acceptors (Lipinski definition) is 4. The van der Waals surface area contributed by atoms with E-state index in [-0.39, 0.29) is 24.6 Å². The van der Waals surface area contributed by atoms with Crippen LogP contribution in [0.5, 0.6) is 0 Å². The van der Waals surface area contributed by atoms with Crippen molar-refractivity contribution >= 4 is 12.3 Å². The minimum absolute atomic E-state index is 0.0401. The fourth-order valence-corrected chi connectivity index (χ4v) is 1.79. The maximum atomic E-state index is 11.5. The van der Waals surface area contributed by atoms with Crippen LogP contribution in [0, 0.1) is 11.8 Å². The second kappa shape index (κ2) is 6.56. The van der Waals surface area contributed by atoms with E-state index in [1.807, 2.05) is 6.92 Å². The number of esters is 1. The summed E-state index contributed by atoms with van der Waals surface area (Å²) >= 11 is 0. The Morgan fingerprint density at radius 2 is 2.00 bits per heavy atom. The van der Waals surface area contributed by atoms with E-state index < -0.39 is 0 Å². The molecule has 0 radical (unpaired) electrons. The predicted octanol–water partition coefficient (Wildman–Crippen LogP) is 1.53. The molecule has 0 spiro atoms. The van der Waals surface area contributed by atoms with Crippen LogP contribution in [0.15, 0.2) is 0 Å². The molecule has 1 aliphatic rings. The van der Waals surface area contributed by atoms with Crippen molar-refractivity contribution in [2.24, 2.45) is 11.8 Å². The van der Waals surface area contributed by atoms with E-state index in [2.05, 4.69) is 0 Å². The maximum absolute atomic E-state index is 11.5. The van der Waals surface area contributed by atoms with Crippen molar-refractivity contribution in [3.8, 4) is 0 Å². The maximum Gasteiger partial charge on any atom is 0.311 e. The molecule has 86 valence electrons. The third-order valence-corrected chi connectivity index (χ3v) is 2.79. The van der Waals surface area contributed by atoms with Crippen LogP contribution in [0.1, 0.15) is 32.6 Å². The van der Waals surface area contributed by atoms with E-state index in [1.54, 1.807) is 0 Å². The summed E-state index contributed by atoms with van der Waals surface area (Å²) in [5, 5.41) is 0.